The van der Waals surface area contributed by atoms with E-state index in [0.717, 1.165) is 25.0 Å². The Morgan fingerprint density at radius 3 is 2.35 bits per heavy atom. The topological polar surface area (TPSA) is 61.7 Å². The van der Waals surface area contributed by atoms with Crippen molar-refractivity contribution in [3.63, 3.8) is 0 Å². The van der Waals surface area contributed by atoms with Gasteiger partial charge in [-0.3, -0.25) is 0 Å². The average Bonchev–Trinajstić information content (AvgIpc) is 2.16. The van der Waals surface area contributed by atoms with E-state index in [4.69, 9.17) is 4.65 Å². The van der Waals surface area contributed by atoms with Crippen LogP contribution in [-0.2, 0) is 4.65 Å². The van der Waals surface area contributed by atoms with Crippen molar-refractivity contribution in [1.82, 2.24) is 5.32 Å². The number of rotatable bonds is 4. The first-order valence-electron chi connectivity index (χ1n) is 5.72. The van der Waals surface area contributed by atoms with Crippen molar-refractivity contribution in [2.75, 3.05) is 13.1 Å². The third-order valence-corrected chi connectivity index (χ3v) is 3.30. The lowest BCUT2D eigenvalue weighted by atomic mass is 9.73. The van der Waals surface area contributed by atoms with Crippen molar-refractivity contribution in [3.05, 3.63) is 11.5 Å². The summed E-state index contributed by atoms with van der Waals surface area (Å²) in [6, 6.07) is 0. The zero-order valence-corrected chi connectivity index (χ0v) is 11.8. The van der Waals surface area contributed by atoms with Crippen LogP contribution in [0.2, 0.25) is 0 Å². The number of halogens is 1. The van der Waals surface area contributed by atoms with Gasteiger partial charge in [-0.1, -0.05) is 6.08 Å². The summed E-state index contributed by atoms with van der Waals surface area (Å²) in [6.07, 6.45) is 2.72. The van der Waals surface area contributed by atoms with Gasteiger partial charge in [0.05, 0.1) is 11.2 Å². The molecule has 6 heteroatoms. The molecule has 0 fully saturated rings. The summed E-state index contributed by atoms with van der Waals surface area (Å²) in [7, 11) is -0.927. The highest BCUT2D eigenvalue weighted by Crippen LogP contribution is 2.27. The first-order chi connectivity index (χ1) is 7.24. The van der Waals surface area contributed by atoms with E-state index >= 15 is 0 Å². The minimum absolute atomic E-state index is 0. The fourth-order valence-corrected chi connectivity index (χ4v) is 1.36. The van der Waals surface area contributed by atoms with E-state index in [1.807, 2.05) is 6.08 Å². The highest BCUT2D eigenvalue weighted by molar-refractivity contribution is 6.52. The Kier molecular flexibility index (Phi) is 6.18. The van der Waals surface area contributed by atoms with E-state index in [2.05, 4.69) is 5.32 Å². The summed E-state index contributed by atoms with van der Waals surface area (Å²) in [5, 5.41) is 23.0. The quantitative estimate of drug-likeness (QED) is 0.660. The lowest BCUT2D eigenvalue weighted by Gasteiger charge is -2.38. The van der Waals surface area contributed by atoms with Gasteiger partial charge in [-0.2, -0.15) is 0 Å². The normalized spacial score (nSPS) is 17.2. The summed E-state index contributed by atoms with van der Waals surface area (Å²) >= 11 is 0. The van der Waals surface area contributed by atoms with Crippen LogP contribution in [-0.4, -0.2) is 41.5 Å². The Morgan fingerprint density at radius 2 is 1.94 bits per heavy atom. The van der Waals surface area contributed by atoms with E-state index in [9.17, 15) is 10.1 Å². The smallest absolute Gasteiger partial charge is 0.423 e. The summed E-state index contributed by atoms with van der Waals surface area (Å²) in [5.74, 6) is 0. The van der Waals surface area contributed by atoms with E-state index < -0.39 is 18.3 Å². The number of nitrogens with one attached hydrogen (secondary N) is 1. The Hall–Kier alpha value is -0.0651. The summed E-state index contributed by atoms with van der Waals surface area (Å²) in [6.45, 7) is 8.52. The first kappa shape index (κ1) is 16.9. The zero-order chi connectivity index (χ0) is 12.4. The van der Waals surface area contributed by atoms with Crippen LogP contribution < -0.4 is 5.32 Å². The predicted octanol–water partition coefficient (Wildman–Crippen LogP) is 0.914. The van der Waals surface area contributed by atoms with E-state index in [0.29, 0.717) is 0 Å². The molecule has 0 unspecified atom stereocenters. The molecule has 0 atom stereocenters. The van der Waals surface area contributed by atoms with Crippen LogP contribution in [0.15, 0.2) is 11.5 Å². The molecule has 0 aromatic carbocycles. The van der Waals surface area contributed by atoms with Gasteiger partial charge in [0.25, 0.3) is 0 Å². The Bertz CT molecular complexity index is 276. The molecule has 3 N–H and O–H groups in total. The maximum Gasteiger partial charge on any atom is 0.487 e. The molecular formula is C11H23BClNO3. The molecule has 17 heavy (non-hydrogen) atoms. The largest absolute Gasteiger partial charge is 0.487 e. The van der Waals surface area contributed by atoms with Gasteiger partial charge in [0.15, 0.2) is 0 Å². The molecule has 1 rings (SSSR count). The van der Waals surface area contributed by atoms with Crippen molar-refractivity contribution in [2.24, 2.45) is 0 Å². The second-order valence-electron chi connectivity index (χ2n) is 5.27. The number of hydrogen-bond acceptors (Lipinski definition) is 4. The lowest BCUT2D eigenvalue weighted by Crippen LogP contribution is -2.51. The van der Waals surface area contributed by atoms with Crippen LogP contribution in [0.25, 0.3) is 0 Å². The molecule has 0 spiro atoms. The van der Waals surface area contributed by atoms with Gasteiger partial charge in [0.1, 0.15) is 0 Å². The Morgan fingerprint density at radius 1 is 1.35 bits per heavy atom. The Balaban J connectivity index is 0.00000256. The molecule has 0 aliphatic carbocycles. The van der Waals surface area contributed by atoms with Crippen molar-refractivity contribution >= 4 is 19.5 Å². The second kappa shape index (κ2) is 6.20. The van der Waals surface area contributed by atoms with Crippen LogP contribution in [0.5, 0.6) is 0 Å². The SMILES string of the molecule is CC(C)(O)C(C)(C)OB(O)C1=CCNCC1.Cl. The molecule has 100 valence electrons. The highest BCUT2D eigenvalue weighted by atomic mass is 35.5. The maximum atomic E-state index is 9.94. The molecule has 1 aliphatic heterocycles. The van der Waals surface area contributed by atoms with Crippen LogP contribution in [0.3, 0.4) is 0 Å². The fourth-order valence-electron chi connectivity index (χ4n) is 1.36. The van der Waals surface area contributed by atoms with Gasteiger partial charge < -0.3 is 20.1 Å². The molecule has 0 radical (unpaired) electrons. The molecule has 1 heterocycles. The van der Waals surface area contributed by atoms with Crippen molar-refractivity contribution in [1.29, 1.82) is 0 Å². The number of aliphatic hydroxyl groups is 1. The van der Waals surface area contributed by atoms with Gasteiger partial charge >= 0.3 is 7.12 Å². The first-order valence-corrected chi connectivity index (χ1v) is 5.72. The fraction of sp³-hybridized carbons (Fsp3) is 0.818. The van der Waals surface area contributed by atoms with Gasteiger partial charge in [-0.15, -0.1) is 12.4 Å². The van der Waals surface area contributed by atoms with E-state index in [1.54, 1.807) is 27.7 Å². The predicted molar refractivity (Wildman–Crippen MR) is 72.3 cm³/mol. The van der Waals surface area contributed by atoms with E-state index in [-0.39, 0.29) is 12.4 Å². The van der Waals surface area contributed by atoms with E-state index in [1.165, 1.54) is 0 Å². The molecule has 0 bridgehead atoms. The van der Waals surface area contributed by atoms with Crippen LogP contribution >= 0.6 is 12.4 Å². The van der Waals surface area contributed by atoms with Gasteiger partial charge in [-0.05, 0) is 46.1 Å². The highest BCUT2D eigenvalue weighted by Gasteiger charge is 2.39. The average molecular weight is 264 g/mol. The van der Waals surface area contributed by atoms with Gasteiger partial charge in [0, 0.05) is 6.54 Å². The van der Waals surface area contributed by atoms with Crippen molar-refractivity contribution in [3.8, 4) is 0 Å². The summed E-state index contributed by atoms with van der Waals surface area (Å²) in [5.41, 5.74) is -0.907. The van der Waals surface area contributed by atoms with Crippen molar-refractivity contribution in [2.45, 2.75) is 45.3 Å². The Labute approximate surface area is 110 Å². The third-order valence-electron chi connectivity index (χ3n) is 3.30. The third kappa shape index (κ3) is 4.60. The van der Waals surface area contributed by atoms with Gasteiger partial charge in [0.2, 0.25) is 0 Å². The molecule has 0 aromatic heterocycles. The molecule has 0 amide bonds. The summed E-state index contributed by atoms with van der Waals surface area (Å²) < 4.78 is 5.55. The molecular weight excluding hydrogens is 240 g/mol. The molecule has 0 aromatic rings. The van der Waals surface area contributed by atoms with Crippen LogP contribution in [0.1, 0.15) is 34.1 Å². The second-order valence-corrected chi connectivity index (χ2v) is 5.27. The number of hydrogen-bond donors (Lipinski definition) is 3. The standard InChI is InChI=1S/C11H22BNO3.ClH/c1-10(2,14)11(3,4)16-12(15)9-5-7-13-8-6-9;/h5,13-15H,6-8H2,1-4H3;1H. The molecule has 0 saturated heterocycles. The van der Waals surface area contributed by atoms with Crippen LogP contribution in [0.4, 0.5) is 0 Å². The maximum absolute atomic E-state index is 9.94. The summed E-state index contributed by atoms with van der Waals surface area (Å²) in [4.78, 5) is 0. The minimum atomic E-state index is -0.999. The molecule has 4 nitrogen and oxygen atoms in total. The lowest BCUT2D eigenvalue weighted by molar-refractivity contribution is -0.0989. The minimum Gasteiger partial charge on any atom is -0.423 e. The molecule has 1 aliphatic rings. The molecule has 0 saturated carbocycles. The zero-order valence-electron chi connectivity index (χ0n) is 11.0. The van der Waals surface area contributed by atoms with Crippen molar-refractivity contribution < 1.29 is 14.8 Å². The monoisotopic (exact) mass is 263 g/mol. The van der Waals surface area contributed by atoms with Crippen LogP contribution in [0, 0.1) is 0 Å². The van der Waals surface area contributed by atoms with Gasteiger partial charge in [-0.25, -0.2) is 0 Å².